The number of nitrogens with one attached hydrogen (secondary N) is 2. The van der Waals surface area contributed by atoms with Gasteiger partial charge >= 0.3 is 5.69 Å². The van der Waals surface area contributed by atoms with E-state index in [-0.39, 0.29) is 23.8 Å². The summed E-state index contributed by atoms with van der Waals surface area (Å²) >= 11 is 0. The van der Waals surface area contributed by atoms with Gasteiger partial charge in [0.25, 0.3) is 5.91 Å². The summed E-state index contributed by atoms with van der Waals surface area (Å²) < 4.78 is 2.87. The van der Waals surface area contributed by atoms with Crippen molar-refractivity contribution in [2.45, 2.75) is 26.9 Å². The summed E-state index contributed by atoms with van der Waals surface area (Å²) in [4.78, 5) is 34.3. The molecule has 0 spiro atoms. The zero-order chi connectivity index (χ0) is 18.6. The van der Waals surface area contributed by atoms with Gasteiger partial charge in [-0.3, -0.25) is 29.1 Å². The van der Waals surface area contributed by atoms with Crippen LogP contribution in [0.4, 0.5) is 11.4 Å². The topological polar surface area (TPSA) is 137 Å². The van der Waals surface area contributed by atoms with Gasteiger partial charge in [-0.1, -0.05) is 6.92 Å². The monoisotopic (exact) mass is 349 g/mol. The Hall–Kier alpha value is -3.24. The van der Waals surface area contributed by atoms with Crippen molar-refractivity contribution in [1.29, 1.82) is 0 Å². The van der Waals surface area contributed by atoms with Crippen molar-refractivity contribution in [1.82, 2.24) is 24.9 Å². The van der Waals surface area contributed by atoms with Crippen molar-refractivity contribution in [3.05, 3.63) is 34.4 Å². The fourth-order valence-electron chi connectivity index (χ4n) is 2.13. The zero-order valence-corrected chi connectivity index (χ0v) is 14.1. The van der Waals surface area contributed by atoms with Crippen molar-refractivity contribution < 1.29 is 14.5 Å². The summed E-state index contributed by atoms with van der Waals surface area (Å²) in [6.07, 6.45) is 3.96. The Balaban J connectivity index is 2.08. The quantitative estimate of drug-likeness (QED) is 0.556. The molecule has 0 saturated heterocycles. The summed E-state index contributed by atoms with van der Waals surface area (Å²) in [5, 5.41) is 23.8. The Morgan fingerprint density at radius 3 is 2.64 bits per heavy atom. The molecule has 2 amide bonds. The highest BCUT2D eigenvalue weighted by Crippen LogP contribution is 2.16. The smallest absolute Gasteiger partial charge is 0.306 e. The van der Waals surface area contributed by atoms with Gasteiger partial charge in [-0.05, 0) is 6.92 Å². The van der Waals surface area contributed by atoms with Crippen LogP contribution in [-0.4, -0.2) is 43.3 Å². The molecule has 2 heterocycles. The predicted molar refractivity (Wildman–Crippen MR) is 88.0 cm³/mol. The first-order valence-corrected chi connectivity index (χ1v) is 7.63. The molecule has 2 rings (SSSR count). The lowest BCUT2D eigenvalue weighted by Crippen LogP contribution is -2.26. The number of nitrogens with zero attached hydrogens (tertiary/aromatic N) is 5. The van der Waals surface area contributed by atoms with E-state index in [1.165, 1.54) is 17.9 Å². The summed E-state index contributed by atoms with van der Waals surface area (Å²) in [5.74, 6) is -1.28. The van der Waals surface area contributed by atoms with E-state index >= 15 is 0 Å². The van der Waals surface area contributed by atoms with Crippen LogP contribution in [0.15, 0.2) is 18.6 Å². The van der Waals surface area contributed by atoms with Crippen molar-refractivity contribution in [2.75, 3.05) is 12.4 Å². The molecule has 134 valence electrons. The van der Waals surface area contributed by atoms with Gasteiger partial charge in [-0.2, -0.15) is 10.2 Å². The molecule has 0 saturated carbocycles. The van der Waals surface area contributed by atoms with Gasteiger partial charge in [0.2, 0.25) is 5.91 Å². The van der Waals surface area contributed by atoms with Crippen molar-refractivity contribution in [2.24, 2.45) is 5.92 Å². The van der Waals surface area contributed by atoms with Gasteiger partial charge in [-0.25, -0.2) is 0 Å². The SMILES string of the molecule is CCn1cc(NC(=O)C(C)Cn2cc([N+](=O)[O-])cn2)c(C(=O)NC)n1. The number of hydrogen-bond donors (Lipinski definition) is 2. The largest absolute Gasteiger partial charge is 0.354 e. The van der Waals surface area contributed by atoms with Crippen LogP contribution in [0, 0.1) is 16.0 Å². The average molecular weight is 349 g/mol. The van der Waals surface area contributed by atoms with Crippen LogP contribution in [0.5, 0.6) is 0 Å². The molecular formula is C14H19N7O4. The second-order valence-corrected chi connectivity index (χ2v) is 5.39. The third-order valence-corrected chi connectivity index (χ3v) is 3.52. The van der Waals surface area contributed by atoms with Crippen LogP contribution < -0.4 is 10.6 Å². The van der Waals surface area contributed by atoms with E-state index in [0.717, 1.165) is 6.20 Å². The zero-order valence-electron chi connectivity index (χ0n) is 14.1. The Kier molecular flexibility index (Phi) is 5.47. The van der Waals surface area contributed by atoms with Gasteiger partial charge in [0.05, 0.1) is 23.1 Å². The minimum Gasteiger partial charge on any atom is -0.354 e. The molecule has 0 aromatic carbocycles. The average Bonchev–Trinajstić information content (AvgIpc) is 3.21. The molecule has 0 aliphatic rings. The number of amides is 2. The number of carbonyl (C=O) groups excluding carboxylic acids is 2. The molecule has 1 unspecified atom stereocenters. The highest BCUT2D eigenvalue weighted by atomic mass is 16.6. The van der Waals surface area contributed by atoms with E-state index in [4.69, 9.17) is 0 Å². The molecule has 2 aromatic heterocycles. The Bertz CT molecular complexity index is 795. The molecular weight excluding hydrogens is 330 g/mol. The second-order valence-electron chi connectivity index (χ2n) is 5.39. The number of hydrogen-bond acceptors (Lipinski definition) is 6. The lowest BCUT2D eigenvalue weighted by atomic mass is 10.1. The van der Waals surface area contributed by atoms with Gasteiger partial charge < -0.3 is 10.6 Å². The van der Waals surface area contributed by atoms with Crippen LogP contribution >= 0.6 is 0 Å². The number of aromatic nitrogens is 4. The molecule has 1 atom stereocenters. The molecule has 0 fully saturated rings. The first-order valence-electron chi connectivity index (χ1n) is 7.63. The number of anilines is 1. The molecule has 0 bridgehead atoms. The number of nitro groups is 1. The lowest BCUT2D eigenvalue weighted by molar-refractivity contribution is -0.385. The van der Waals surface area contributed by atoms with Crippen molar-refractivity contribution in [3.8, 4) is 0 Å². The van der Waals surface area contributed by atoms with Gasteiger partial charge in [0, 0.05) is 19.8 Å². The highest BCUT2D eigenvalue weighted by Gasteiger charge is 2.21. The maximum atomic E-state index is 12.4. The van der Waals surface area contributed by atoms with Crippen LogP contribution in [0.2, 0.25) is 0 Å². The third-order valence-electron chi connectivity index (χ3n) is 3.52. The van der Waals surface area contributed by atoms with Crippen LogP contribution in [0.3, 0.4) is 0 Å². The van der Waals surface area contributed by atoms with E-state index in [2.05, 4.69) is 20.8 Å². The Morgan fingerprint density at radius 1 is 1.36 bits per heavy atom. The Morgan fingerprint density at radius 2 is 2.08 bits per heavy atom. The molecule has 2 N–H and O–H groups in total. The minimum absolute atomic E-state index is 0.125. The highest BCUT2D eigenvalue weighted by molar-refractivity contribution is 6.02. The van der Waals surface area contributed by atoms with Gasteiger partial charge in [-0.15, -0.1) is 0 Å². The summed E-state index contributed by atoms with van der Waals surface area (Å²) in [7, 11) is 1.48. The van der Waals surface area contributed by atoms with E-state index in [9.17, 15) is 19.7 Å². The molecule has 11 nitrogen and oxygen atoms in total. The van der Waals surface area contributed by atoms with Crippen LogP contribution in [-0.2, 0) is 17.9 Å². The predicted octanol–water partition coefficient (Wildman–Crippen LogP) is 0.642. The Labute approximate surface area is 143 Å². The number of rotatable bonds is 7. The standard InChI is InChI=1S/C14H19N7O4/c1-4-19-8-11(12(18-19)14(23)15-3)17-13(22)9(2)6-20-7-10(5-16-20)21(24)25/h5,7-9H,4,6H2,1-3H3,(H,15,23)(H,17,22). The molecule has 0 aliphatic heterocycles. The molecule has 11 heteroatoms. The van der Waals surface area contributed by atoms with Gasteiger partial charge in [0.15, 0.2) is 5.69 Å². The summed E-state index contributed by atoms with van der Waals surface area (Å²) in [6, 6.07) is 0. The maximum absolute atomic E-state index is 12.4. The first kappa shape index (κ1) is 18.1. The van der Waals surface area contributed by atoms with E-state index in [0.29, 0.717) is 12.2 Å². The third kappa shape index (κ3) is 4.19. The summed E-state index contributed by atoms with van der Waals surface area (Å²) in [5.41, 5.74) is 0.294. The normalized spacial score (nSPS) is 11.8. The number of carbonyl (C=O) groups is 2. The molecule has 0 aliphatic carbocycles. The second kappa shape index (κ2) is 7.55. The van der Waals surface area contributed by atoms with Gasteiger partial charge in [0.1, 0.15) is 12.4 Å². The van der Waals surface area contributed by atoms with E-state index < -0.39 is 16.7 Å². The first-order chi connectivity index (χ1) is 11.8. The van der Waals surface area contributed by atoms with Crippen molar-refractivity contribution in [3.63, 3.8) is 0 Å². The molecule has 2 aromatic rings. The summed E-state index contributed by atoms with van der Waals surface area (Å²) in [6.45, 7) is 4.23. The van der Waals surface area contributed by atoms with Crippen LogP contribution in [0.1, 0.15) is 24.3 Å². The minimum atomic E-state index is -0.553. The maximum Gasteiger partial charge on any atom is 0.306 e. The van der Waals surface area contributed by atoms with E-state index in [1.807, 2.05) is 6.92 Å². The van der Waals surface area contributed by atoms with Crippen molar-refractivity contribution >= 4 is 23.2 Å². The lowest BCUT2D eigenvalue weighted by Gasteiger charge is -2.11. The fourth-order valence-corrected chi connectivity index (χ4v) is 2.13. The van der Waals surface area contributed by atoms with Crippen LogP contribution in [0.25, 0.3) is 0 Å². The van der Waals surface area contributed by atoms with E-state index in [1.54, 1.807) is 17.8 Å². The molecule has 25 heavy (non-hydrogen) atoms. The fraction of sp³-hybridized carbons (Fsp3) is 0.429. The number of aryl methyl sites for hydroxylation is 1. The molecule has 0 radical (unpaired) electrons.